The molecule has 0 saturated carbocycles. The molecule has 0 unspecified atom stereocenters. The lowest BCUT2D eigenvalue weighted by atomic mass is 10.00. The van der Waals surface area contributed by atoms with Crippen molar-refractivity contribution in [1.82, 2.24) is 9.80 Å². The van der Waals surface area contributed by atoms with E-state index < -0.39 is 0 Å². The van der Waals surface area contributed by atoms with Crippen LogP contribution in [0.1, 0.15) is 40.0 Å². The Morgan fingerprint density at radius 2 is 1.62 bits per heavy atom. The lowest BCUT2D eigenvalue weighted by Crippen LogP contribution is -2.36. The largest absolute Gasteiger partial charge is 0.326 e. The summed E-state index contributed by atoms with van der Waals surface area (Å²) in [6.07, 6.45) is 3.55. The van der Waals surface area contributed by atoms with Crippen molar-refractivity contribution in [2.24, 2.45) is 5.73 Å². The molecule has 0 aliphatic carbocycles. The van der Waals surface area contributed by atoms with Crippen LogP contribution in [0.4, 0.5) is 0 Å². The van der Waals surface area contributed by atoms with E-state index in [4.69, 9.17) is 5.73 Å². The zero-order chi connectivity index (χ0) is 12.6. The Hall–Kier alpha value is -0.120. The van der Waals surface area contributed by atoms with E-state index in [0.29, 0.717) is 0 Å². The average molecular weight is 229 g/mol. The fourth-order valence-corrected chi connectivity index (χ4v) is 1.75. The molecule has 0 heterocycles. The molecule has 0 rings (SSSR count). The van der Waals surface area contributed by atoms with Gasteiger partial charge in [0.2, 0.25) is 0 Å². The summed E-state index contributed by atoms with van der Waals surface area (Å²) in [6, 6.07) is 0. The van der Waals surface area contributed by atoms with Crippen LogP contribution in [0.5, 0.6) is 0 Å². The first-order chi connectivity index (χ1) is 7.35. The van der Waals surface area contributed by atoms with E-state index in [1.807, 2.05) is 0 Å². The molecule has 0 aromatic heterocycles. The van der Waals surface area contributed by atoms with E-state index in [0.717, 1.165) is 13.0 Å². The quantitative estimate of drug-likeness (QED) is 0.654. The number of nitrogens with two attached hydrogens (primary N) is 1. The van der Waals surface area contributed by atoms with Gasteiger partial charge in [-0.3, -0.25) is 0 Å². The lowest BCUT2D eigenvalue weighted by Gasteiger charge is -2.25. The molecule has 98 valence electrons. The molecule has 0 saturated heterocycles. The zero-order valence-electron chi connectivity index (χ0n) is 11.9. The van der Waals surface area contributed by atoms with Crippen LogP contribution in [0.2, 0.25) is 0 Å². The van der Waals surface area contributed by atoms with Crippen LogP contribution < -0.4 is 5.73 Å². The second-order valence-electron chi connectivity index (χ2n) is 5.74. The minimum absolute atomic E-state index is 0.0145. The molecule has 0 amide bonds. The molecule has 0 radical (unpaired) electrons. The van der Waals surface area contributed by atoms with Gasteiger partial charge in [-0.1, -0.05) is 6.92 Å². The zero-order valence-corrected chi connectivity index (χ0v) is 11.9. The molecule has 0 aliphatic rings. The van der Waals surface area contributed by atoms with Crippen molar-refractivity contribution in [1.29, 1.82) is 0 Å². The maximum atomic E-state index is 5.99. The van der Waals surface area contributed by atoms with Crippen molar-refractivity contribution in [3.63, 3.8) is 0 Å². The third-order valence-electron chi connectivity index (χ3n) is 2.70. The Labute approximate surface area is 102 Å². The molecular weight excluding hydrogens is 198 g/mol. The Morgan fingerprint density at radius 3 is 2.06 bits per heavy atom. The summed E-state index contributed by atoms with van der Waals surface area (Å²) in [6.45, 7) is 11.2. The van der Waals surface area contributed by atoms with Gasteiger partial charge in [0.25, 0.3) is 0 Å². The van der Waals surface area contributed by atoms with Crippen molar-refractivity contribution in [2.45, 2.75) is 45.6 Å². The number of hydrogen-bond donors (Lipinski definition) is 1. The number of hydrogen-bond acceptors (Lipinski definition) is 3. The predicted molar refractivity (Wildman–Crippen MR) is 72.8 cm³/mol. The van der Waals surface area contributed by atoms with Crippen LogP contribution in [0.3, 0.4) is 0 Å². The summed E-state index contributed by atoms with van der Waals surface area (Å²) in [4.78, 5) is 4.79. The normalized spacial score (nSPS) is 12.8. The lowest BCUT2D eigenvalue weighted by molar-refractivity contribution is 0.231. The first kappa shape index (κ1) is 15.9. The van der Waals surface area contributed by atoms with Gasteiger partial charge in [0.05, 0.1) is 0 Å². The molecule has 0 spiro atoms. The van der Waals surface area contributed by atoms with Gasteiger partial charge >= 0.3 is 0 Å². The monoisotopic (exact) mass is 229 g/mol. The number of likely N-dealkylation sites (N-methyl/N-ethyl adjacent to an activating group) is 1. The summed E-state index contributed by atoms with van der Waals surface area (Å²) in [5.41, 5.74) is 5.98. The number of rotatable bonds is 9. The van der Waals surface area contributed by atoms with Crippen LogP contribution in [0, 0.1) is 0 Å². The smallest absolute Gasteiger partial charge is 0.0109 e. The Morgan fingerprint density at radius 1 is 1.00 bits per heavy atom. The minimum Gasteiger partial charge on any atom is -0.326 e. The molecule has 3 heteroatoms. The van der Waals surface area contributed by atoms with Crippen LogP contribution >= 0.6 is 0 Å². The Balaban J connectivity index is 3.76. The Kier molecular flexibility index (Phi) is 7.98. The van der Waals surface area contributed by atoms with E-state index in [2.05, 4.69) is 44.7 Å². The first-order valence-corrected chi connectivity index (χ1v) is 6.51. The standard InChI is InChI=1S/C13H31N3/c1-6-9-16(12-11-15(4)5)10-7-8-13(2,3)14/h6-12,14H2,1-5H3. The van der Waals surface area contributed by atoms with Crippen LogP contribution in [0.25, 0.3) is 0 Å². The highest BCUT2D eigenvalue weighted by molar-refractivity contribution is 4.72. The number of nitrogens with zero attached hydrogens (tertiary/aromatic N) is 2. The molecule has 0 fully saturated rings. The second kappa shape index (κ2) is 8.04. The molecule has 2 N–H and O–H groups in total. The van der Waals surface area contributed by atoms with Gasteiger partial charge < -0.3 is 15.5 Å². The van der Waals surface area contributed by atoms with E-state index in [-0.39, 0.29) is 5.54 Å². The maximum Gasteiger partial charge on any atom is 0.0109 e. The third-order valence-corrected chi connectivity index (χ3v) is 2.70. The molecule has 0 atom stereocenters. The molecule has 0 aromatic carbocycles. The highest BCUT2D eigenvalue weighted by Crippen LogP contribution is 2.08. The van der Waals surface area contributed by atoms with Crippen molar-refractivity contribution >= 4 is 0 Å². The van der Waals surface area contributed by atoms with Crippen molar-refractivity contribution < 1.29 is 0 Å². The molecule has 0 aliphatic heterocycles. The van der Waals surface area contributed by atoms with Gasteiger partial charge in [0.15, 0.2) is 0 Å². The first-order valence-electron chi connectivity index (χ1n) is 6.51. The summed E-state index contributed by atoms with van der Waals surface area (Å²) in [7, 11) is 4.26. The van der Waals surface area contributed by atoms with Crippen LogP contribution in [0.15, 0.2) is 0 Å². The molecule has 0 bridgehead atoms. The summed E-state index contributed by atoms with van der Waals surface area (Å²) in [5, 5.41) is 0. The van der Waals surface area contributed by atoms with Crippen molar-refractivity contribution in [3.8, 4) is 0 Å². The van der Waals surface area contributed by atoms with Gasteiger partial charge in [0.1, 0.15) is 0 Å². The Bertz CT molecular complexity index is 161. The topological polar surface area (TPSA) is 32.5 Å². The minimum atomic E-state index is -0.0145. The van der Waals surface area contributed by atoms with Crippen molar-refractivity contribution in [2.75, 3.05) is 40.3 Å². The fourth-order valence-electron chi connectivity index (χ4n) is 1.75. The van der Waals surface area contributed by atoms with Gasteiger partial charge in [-0.15, -0.1) is 0 Å². The van der Waals surface area contributed by atoms with Gasteiger partial charge in [-0.05, 0) is 60.3 Å². The van der Waals surface area contributed by atoms with Gasteiger partial charge in [0, 0.05) is 18.6 Å². The van der Waals surface area contributed by atoms with Crippen LogP contribution in [-0.4, -0.2) is 55.6 Å². The van der Waals surface area contributed by atoms with E-state index >= 15 is 0 Å². The highest BCUT2D eigenvalue weighted by Gasteiger charge is 2.11. The summed E-state index contributed by atoms with van der Waals surface area (Å²) >= 11 is 0. The molecule has 16 heavy (non-hydrogen) atoms. The maximum absolute atomic E-state index is 5.99. The van der Waals surface area contributed by atoms with Gasteiger partial charge in [-0.2, -0.15) is 0 Å². The average Bonchev–Trinajstić information content (AvgIpc) is 2.12. The van der Waals surface area contributed by atoms with Crippen LogP contribution in [-0.2, 0) is 0 Å². The van der Waals surface area contributed by atoms with E-state index in [9.17, 15) is 0 Å². The second-order valence-corrected chi connectivity index (χ2v) is 5.74. The van der Waals surface area contributed by atoms with E-state index in [1.165, 1.54) is 32.5 Å². The van der Waals surface area contributed by atoms with Crippen molar-refractivity contribution in [3.05, 3.63) is 0 Å². The summed E-state index contributed by atoms with van der Waals surface area (Å²) < 4.78 is 0. The highest BCUT2D eigenvalue weighted by atomic mass is 15.2. The molecular formula is C13H31N3. The molecule has 0 aromatic rings. The van der Waals surface area contributed by atoms with E-state index in [1.54, 1.807) is 0 Å². The fraction of sp³-hybridized carbons (Fsp3) is 1.00. The third kappa shape index (κ3) is 10.4. The SMILES string of the molecule is CCCN(CCCC(C)(C)N)CCN(C)C. The van der Waals surface area contributed by atoms with Gasteiger partial charge in [-0.25, -0.2) is 0 Å². The molecule has 3 nitrogen and oxygen atoms in total. The summed E-state index contributed by atoms with van der Waals surface area (Å²) in [5.74, 6) is 0. The predicted octanol–water partition coefficient (Wildman–Crippen LogP) is 1.78.